The first-order valence-electron chi connectivity index (χ1n) is 7.97. The van der Waals surface area contributed by atoms with Crippen LogP contribution in [0.1, 0.15) is 11.1 Å². The van der Waals surface area contributed by atoms with Crippen LogP contribution in [0.5, 0.6) is 11.5 Å². The largest absolute Gasteiger partial charge is 0.497 e. The van der Waals surface area contributed by atoms with E-state index in [-0.39, 0.29) is 11.5 Å². The Labute approximate surface area is 149 Å². The maximum Gasteiger partial charge on any atom is 0.341 e. The number of methoxy groups -OCH3 is 1. The van der Waals surface area contributed by atoms with Crippen molar-refractivity contribution in [2.75, 3.05) is 13.7 Å². The predicted molar refractivity (Wildman–Crippen MR) is 97.1 cm³/mol. The van der Waals surface area contributed by atoms with Crippen molar-refractivity contribution in [1.29, 1.82) is 0 Å². The highest BCUT2D eigenvalue weighted by Crippen LogP contribution is 2.32. The van der Waals surface area contributed by atoms with Crippen LogP contribution >= 0.6 is 0 Å². The third-order valence-electron chi connectivity index (χ3n) is 4.16. The summed E-state index contributed by atoms with van der Waals surface area (Å²) in [5.74, 6) is -0.454. The van der Waals surface area contributed by atoms with E-state index in [2.05, 4.69) is 0 Å². The minimum Gasteiger partial charge on any atom is -0.497 e. The fraction of sp³-hybridized carbons (Fsp3) is 0.200. The molecule has 0 saturated carbocycles. The first-order chi connectivity index (χ1) is 12.4. The van der Waals surface area contributed by atoms with Gasteiger partial charge in [0.25, 0.3) is 0 Å². The number of hydrogen-bond acceptors (Lipinski definition) is 5. The van der Waals surface area contributed by atoms with Crippen molar-refractivity contribution in [3.63, 3.8) is 0 Å². The van der Waals surface area contributed by atoms with Gasteiger partial charge in [-0.25, -0.2) is 4.79 Å². The second kappa shape index (κ2) is 6.92. The Morgan fingerprint density at radius 3 is 2.38 bits per heavy atom. The van der Waals surface area contributed by atoms with Crippen molar-refractivity contribution < 1.29 is 23.8 Å². The monoisotopic (exact) mass is 354 g/mol. The molecule has 1 heterocycles. The molecule has 6 nitrogen and oxygen atoms in total. The molecule has 134 valence electrons. The number of ether oxygens (including phenoxy) is 2. The average Bonchev–Trinajstić information content (AvgIpc) is 2.62. The Bertz CT molecular complexity index is 1030. The molecule has 3 rings (SSSR count). The van der Waals surface area contributed by atoms with Crippen LogP contribution in [0.3, 0.4) is 0 Å². The van der Waals surface area contributed by atoms with Crippen LogP contribution in [0.25, 0.3) is 22.3 Å². The molecule has 3 aromatic rings. The van der Waals surface area contributed by atoms with Crippen molar-refractivity contribution in [2.45, 2.75) is 13.8 Å². The molecule has 1 aromatic heterocycles. The van der Waals surface area contributed by atoms with E-state index in [1.54, 1.807) is 43.5 Å². The first-order valence-corrected chi connectivity index (χ1v) is 7.97. The van der Waals surface area contributed by atoms with Crippen LogP contribution in [-0.4, -0.2) is 24.8 Å². The molecule has 26 heavy (non-hydrogen) atoms. The molecule has 0 spiro atoms. The van der Waals surface area contributed by atoms with Crippen LogP contribution in [0.4, 0.5) is 0 Å². The second-order valence-electron chi connectivity index (χ2n) is 5.93. The number of rotatable bonds is 5. The summed E-state index contributed by atoms with van der Waals surface area (Å²) in [6.07, 6.45) is 0. The van der Waals surface area contributed by atoms with Crippen molar-refractivity contribution in [3.05, 3.63) is 57.7 Å². The van der Waals surface area contributed by atoms with Crippen molar-refractivity contribution in [1.82, 2.24) is 0 Å². The van der Waals surface area contributed by atoms with Crippen LogP contribution in [0.2, 0.25) is 0 Å². The van der Waals surface area contributed by atoms with E-state index in [9.17, 15) is 9.59 Å². The zero-order valence-electron chi connectivity index (χ0n) is 14.7. The number of fused-ring (bicyclic) bond motifs is 1. The summed E-state index contributed by atoms with van der Waals surface area (Å²) in [5.41, 5.74) is 2.53. The van der Waals surface area contributed by atoms with E-state index in [1.807, 2.05) is 13.8 Å². The number of aliphatic carboxylic acids is 1. The third kappa shape index (κ3) is 3.26. The topological polar surface area (TPSA) is 86.0 Å². The Kier molecular flexibility index (Phi) is 4.67. The Morgan fingerprint density at radius 1 is 1.12 bits per heavy atom. The molecule has 0 aliphatic rings. The molecule has 6 heteroatoms. The van der Waals surface area contributed by atoms with Gasteiger partial charge in [0.15, 0.2) is 12.4 Å². The highest BCUT2D eigenvalue weighted by atomic mass is 16.5. The van der Waals surface area contributed by atoms with Crippen molar-refractivity contribution >= 4 is 16.9 Å². The van der Waals surface area contributed by atoms with Crippen LogP contribution in [0, 0.1) is 13.8 Å². The van der Waals surface area contributed by atoms with E-state index in [4.69, 9.17) is 19.0 Å². The molecule has 0 unspecified atom stereocenters. The highest BCUT2D eigenvalue weighted by Gasteiger charge is 2.19. The number of aryl methyl sites for hydroxylation is 2. The third-order valence-corrected chi connectivity index (χ3v) is 4.16. The van der Waals surface area contributed by atoms with Gasteiger partial charge in [-0.15, -0.1) is 0 Å². The number of carboxylic acid groups (broad SMARTS) is 1. The lowest BCUT2D eigenvalue weighted by atomic mass is 10.0. The molecule has 1 N–H and O–H groups in total. The zero-order valence-corrected chi connectivity index (χ0v) is 14.7. The predicted octanol–water partition coefficient (Wildman–Crippen LogP) is 3.55. The average molecular weight is 354 g/mol. The van der Waals surface area contributed by atoms with Gasteiger partial charge < -0.3 is 19.0 Å². The molecular formula is C20H18O6. The van der Waals surface area contributed by atoms with Crippen LogP contribution in [-0.2, 0) is 4.79 Å². The normalized spacial score (nSPS) is 10.7. The summed E-state index contributed by atoms with van der Waals surface area (Å²) in [4.78, 5) is 23.8. The molecule has 0 aliphatic heterocycles. The number of carboxylic acids is 1. The summed E-state index contributed by atoms with van der Waals surface area (Å²) < 4.78 is 16.4. The lowest BCUT2D eigenvalue weighted by molar-refractivity contribution is -0.139. The van der Waals surface area contributed by atoms with Gasteiger partial charge in [-0.05, 0) is 61.4 Å². The Hall–Kier alpha value is -3.28. The van der Waals surface area contributed by atoms with Gasteiger partial charge >= 0.3 is 5.97 Å². The Morgan fingerprint density at radius 2 is 1.77 bits per heavy atom. The molecule has 0 fully saturated rings. The summed E-state index contributed by atoms with van der Waals surface area (Å²) in [6, 6.07) is 10.4. The number of benzene rings is 2. The molecule has 0 amide bonds. The van der Waals surface area contributed by atoms with Crippen molar-refractivity contribution in [3.8, 4) is 22.8 Å². The van der Waals surface area contributed by atoms with Crippen LogP contribution < -0.4 is 14.9 Å². The van der Waals surface area contributed by atoms with E-state index in [0.29, 0.717) is 22.3 Å². The highest BCUT2D eigenvalue weighted by molar-refractivity contribution is 5.83. The quantitative estimate of drug-likeness (QED) is 0.754. The van der Waals surface area contributed by atoms with Gasteiger partial charge in [-0.3, -0.25) is 4.79 Å². The summed E-state index contributed by atoms with van der Waals surface area (Å²) in [6.45, 7) is 3.18. The van der Waals surface area contributed by atoms with Gasteiger partial charge in [-0.1, -0.05) is 0 Å². The standard InChI is InChI=1S/C20H18O6/c1-11-8-15-16(9-12(11)2)26-19(13-4-6-14(24-3)7-5-13)20(18(15)23)25-10-17(21)22/h4-9H,10H2,1-3H3,(H,21,22). The summed E-state index contributed by atoms with van der Waals surface area (Å²) >= 11 is 0. The number of hydrogen-bond donors (Lipinski definition) is 1. The fourth-order valence-corrected chi connectivity index (χ4v) is 2.63. The Balaban J connectivity index is 2.26. The van der Waals surface area contributed by atoms with E-state index in [0.717, 1.165) is 11.1 Å². The summed E-state index contributed by atoms with van der Waals surface area (Å²) in [5, 5.41) is 9.27. The molecule has 0 atom stereocenters. The van der Waals surface area contributed by atoms with E-state index < -0.39 is 18.0 Å². The van der Waals surface area contributed by atoms with Gasteiger partial charge in [0.2, 0.25) is 11.2 Å². The summed E-state index contributed by atoms with van der Waals surface area (Å²) in [7, 11) is 1.55. The molecule has 2 aromatic carbocycles. The molecule has 0 saturated heterocycles. The minimum atomic E-state index is -1.18. The van der Waals surface area contributed by atoms with Gasteiger partial charge in [0.1, 0.15) is 11.3 Å². The van der Waals surface area contributed by atoms with Gasteiger partial charge in [-0.2, -0.15) is 0 Å². The van der Waals surface area contributed by atoms with Gasteiger partial charge in [0, 0.05) is 5.56 Å². The lowest BCUT2D eigenvalue weighted by Gasteiger charge is -2.12. The molecule has 0 bridgehead atoms. The maximum absolute atomic E-state index is 12.9. The molecular weight excluding hydrogens is 336 g/mol. The van der Waals surface area contributed by atoms with Crippen molar-refractivity contribution in [2.24, 2.45) is 0 Å². The van der Waals surface area contributed by atoms with Crippen LogP contribution in [0.15, 0.2) is 45.6 Å². The SMILES string of the molecule is COc1ccc(-c2oc3cc(C)c(C)cc3c(=O)c2OCC(=O)O)cc1. The minimum absolute atomic E-state index is 0.117. The molecule has 0 aliphatic carbocycles. The fourth-order valence-electron chi connectivity index (χ4n) is 2.63. The first kappa shape index (κ1) is 17.5. The smallest absolute Gasteiger partial charge is 0.341 e. The molecule has 0 radical (unpaired) electrons. The van der Waals surface area contributed by atoms with Gasteiger partial charge in [0.05, 0.1) is 12.5 Å². The van der Waals surface area contributed by atoms with E-state index >= 15 is 0 Å². The maximum atomic E-state index is 12.9. The second-order valence-corrected chi connectivity index (χ2v) is 5.93. The van der Waals surface area contributed by atoms with E-state index in [1.165, 1.54) is 0 Å². The number of carbonyl (C=O) groups is 1. The lowest BCUT2D eigenvalue weighted by Crippen LogP contribution is -2.16. The zero-order chi connectivity index (χ0) is 18.8.